The molecule has 0 unspecified atom stereocenters. The number of benzene rings is 2. The number of hydrogen-bond donors (Lipinski definition) is 2. The van der Waals surface area contributed by atoms with Gasteiger partial charge in [-0.1, -0.05) is 60.7 Å². The van der Waals surface area contributed by atoms with E-state index >= 15 is 0 Å². The van der Waals surface area contributed by atoms with Crippen LogP contribution in [0, 0.1) is 0 Å². The van der Waals surface area contributed by atoms with Gasteiger partial charge in [0.05, 0.1) is 0 Å². The van der Waals surface area contributed by atoms with Crippen LogP contribution in [0.5, 0.6) is 0 Å². The van der Waals surface area contributed by atoms with Gasteiger partial charge in [-0.15, -0.1) is 0 Å². The molecule has 0 bridgehead atoms. The lowest BCUT2D eigenvalue weighted by molar-refractivity contribution is -0.122. The molecule has 30 heavy (non-hydrogen) atoms. The molecule has 0 radical (unpaired) electrons. The first kappa shape index (κ1) is 21.8. The first-order chi connectivity index (χ1) is 14.6. The van der Waals surface area contributed by atoms with Gasteiger partial charge in [-0.25, -0.2) is 4.79 Å². The van der Waals surface area contributed by atoms with Crippen molar-refractivity contribution in [2.75, 3.05) is 26.7 Å². The highest BCUT2D eigenvalue weighted by Gasteiger charge is 2.20. The van der Waals surface area contributed by atoms with Gasteiger partial charge < -0.3 is 15.5 Å². The Kier molecular flexibility index (Phi) is 8.27. The van der Waals surface area contributed by atoms with Crippen molar-refractivity contribution in [1.29, 1.82) is 0 Å². The van der Waals surface area contributed by atoms with E-state index in [9.17, 15) is 9.59 Å². The summed E-state index contributed by atoms with van der Waals surface area (Å²) < 4.78 is 0. The van der Waals surface area contributed by atoms with E-state index in [4.69, 9.17) is 0 Å². The summed E-state index contributed by atoms with van der Waals surface area (Å²) >= 11 is 0. The molecule has 6 nitrogen and oxygen atoms in total. The van der Waals surface area contributed by atoms with Crippen LogP contribution < -0.4 is 10.6 Å². The second-order valence-electron chi connectivity index (χ2n) is 7.93. The summed E-state index contributed by atoms with van der Waals surface area (Å²) in [6.45, 7) is 3.82. The fourth-order valence-corrected chi connectivity index (χ4v) is 3.72. The van der Waals surface area contributed by atoms with Crippen molar-refractivity contribution in [3.8, 4) is 0 Å². The Morgan fingerprint density at radius 3 is 2.20 bits per heavy atom. The number of urea groups is 1. The average molecular weight is 409 g/mol. The highest BCUT2D eigenvalue weighted by molar-refractivity contribution is 5.78. The second kappa shape index (κ2) is 11.4. The van der Waals surface area contributed by atoms with Crippen LogP contribution in [0.2, 0.25) is 0 Å². The van der Waals surface area contributed by atoms with Crippen molar-refractivity contribution < 1.29 is 9.59 Å². The minimum Gasteiger partial charge on any atom is -0.353 e. The monoisotopic (exact) mass is 408 g/mol. The highest BCUT2D eigenvalue weighted by atomic mass is 16.2. The molecule has 0 saturated carbocycles. The fourth-order valence-electron chi connectivity index (χ4n) is 3.72. The molecule has 0 spiro atoms. The number of likely N-dealkylation sites (tertiary alicyclic amines) is 1. The van der Waals surface area contributed by atoms with Crippen molar-refractivity contribution in [2.24, 2.45) is 0 Å². The van der Waals surface area contributed by atoms with Gasteiger partial charge in [0.15, 0.2) is 0 Å². The Labute approximate surface area is 179 Å². The van der Waals surface area contributed by atoms with Crippen LogP contribution in [0.4, 0.5) is 4.79 Å². The van der Waals surface area contributed by atoms with Crippen LogP contribution in [-0.2, 0) is 17.9 Å². The number of carbonyl (C=O) groups is 2. The maximum Gasteiger partial charge on any atom is 0.317 e. The van der Waals surface area contributed by atoms with E-state index in [1.54, 1.807) is 11.9 Å². The molecule has 2 N–H and O–H groups in total. The average Bonchev–Trinajstić information content (AvgIpc) is 2.76. The van der Waals surface area contributed by atoms with E-state index in [1.165, 1.54) is 5.56 Å². The zero-order chi connectivity index (χ0) is 21.2. The van der Waals surface area contributed by atoms with Gasteiger partial charge >= 0.3 is 6.03 Å². The summed E-state index contributed by atoms with van der Waals surface area (Å²) in [5.41, 5.74) is 2.40. The minimum absolute atomic E-state index is 0.00234. The summed E-state index contributed by atoms with van der Waals surface area (Å²) in [4.78, 5) is 28.5. The quantitative estimate of drug-likeness (QED) is 0.706. The minimum atomic E-state index is -0.166. The lowest BCUT2D eigenvalue weighted by Gasteiger charge is -2.32. The number of hydrogen-bond acceptors (Lipinski definition) is 3. The van der Waals surface area contributed by atoms with E-state index in [0.717, 1.165) is 38.0 Å². The zero-order valence-corrected chi connectivity index (χ0v) is 17.7. The third-order valence-electron chi connectivity index (χ3n) is 5.44. The van der Waals surface area contributed by atoms with E-state index in [2.05, 4.69) is 39.8 Å². The number of carbonyl (C=O) groups excluding carboxylic acids is 2. The standard InChI is InChI=1S/C24H32N4O2/c1-27(18-20-8-4-2-5-9-20)24(30)25-15-12-23(29)26-22-13-16-28(17-14-22)19-21-10-6-3-7-11-21/h2-11,22H,12-19H2,1H3,(H,25,30)(H,26,29). The van der Waals surface area contributed by atoms with Gasteiger partial charge in [0.2, 0.25) is 5.91 Å². The van der Waals surface area contributed by atoms with Crippen LogP contribution in [0.3, 0.4) is 0 Å². The number of rotatable bonds is 8. The molecule has 1 aliphatic heterocycles. The van der Waals surface area contributed by atoms with Crippen molar-refractivity contribution in [3.05, 3.63) is 71.8 Å². The molecule has 0 atom stereocenters. The zero-order valence-electron chi connectivity index (χ0n) is 17.7. The predicted molar refractivity (Wildman–Crippen MR) is 119 cm³/mol. The maximum absolute atomic E-state index is 12.2. The van der Waals surface area contributed by atoms with Gasteiger partial charge in [0, 0.05) is 52.2 Å². The van der Waals surface area contributed by atoms with E-state index in [1.807, 2.05) is 36.4 Å². The molecule has 3 rings (SSSR count). The summed E-state index contributed by atoms with van der Waals surface area (Å²) in [5.74, 6) is 0.00234. The Morgan fingerprint density at radius 2 is 1.57 bits per heavy atom. The molecule has 1 fully saturated rings. The number of nitrogens with one attached hydrogen (secondary N) is 2. The van der Waals surface area contributed by atoms with E-state index in [-0.39, 0.29) is 18.0 Å². The van der Waals surface area contributed by atoms with Gasteiger partial charge in [-0.05, 0) is 24.0 Å². The van der Waals surface area contributed by atoms with Crippen LogP contribution in [0.1, 0.15) is 30.4 Å². The predicted octanol–water partition coefficient (Wildman–Crippen LogP) is 3.00. The normalized spacial score (nSPS) is 14.8. The lowest BCUT2D eigenvalue weighted by atomic mass is 10.0. The van der Waals surface area contributed by atoms with Gasteiger partial charge in [0.25, 0.3) is 0 Å². The third-order valence-corrected chi connectivity index (χ3v) is 5.44. The summed E-state index contributed by atoms with van der Waals surface area (Å²) in [7, 11) is 1.76. The molecule has 2 aromatic carbocycles. The summed E-state index contributed by atoms with van der Waals surface area (Å²) in [6, 6.07) is 20.4. The van der Waals surface area contributed by atoms with Crippen LogP contribution in [0.15, 0.2) is 60.7 Å². The largest absolute Gasteiger partial charge is 0.353 e. The van der Waals surface area contributed by atoms with Gasteiger partial charge in [-0.2, -0.15) is 0 Å². The molecule has 2 aromatic rings. The number of nitrogens with zero attached hydrogens (tertiary/aromatic N) is 2. The van der Waals surface area contributed by atoms with Crippen molar-refractivity contribution >= 4 is 11.9 Å². The Hall–Kier alpha value is -2.86. The van der Waals surface area contributed by atoms with Gasteiger partial charge in [0.1, 0.15) is 0 Å². The number of amides is 3. The van der Waals surface area contributed by atoms with Crippen molar-refractivity contribution in [3.63, 3.8) is 0 Å². The Balaban J connectivity index is 1.29. The molecule has 0 aromatic heterocycles. The van der Waals surface area contributed by atoms with E-state index in [0.29, 0.717) is 19.5 Å². The van der Waals surface area contributed by atoms with Crippen LogP contribution in [-0.4, -0.2) is 54.5 Å². The third kappa shape index (κ3) is 7.19. The lowest BCUT2D eigenvalue weighted by Crippen LogP contribution is -2.45. The maximum atomic E-state index is 12.2. The highest BCUT2D eigenvalue weighted by Crippen LogP contribution is 2.14. The Bertz CT molecular complexity index is 789. The van der Waals surface area contributed by atoms with Crippen LogP contribution in [0.25, 0.3) is 0 Å². The molecular weight excluding hydrogens is 376 g/mol. The fraction of sp³-hybridized carbons (Fsp3) is 0.417. The molecule has 160 valence electrons. The molecular formula is C24H32N4O2. The van der Waals surface area contributed by atoms with E-state index < -0.39 is 0 Å². The van der Waals surface area contributed by atoms with Crippen LogP contribution >= 0.6 is 0 Å². The molecule has 3 amide bonds. The number of piperidine rings is 1. The first-order valence-electron chi connectivity index (χ1n) is 10.7. The van der Waals surface area contributed by atoms with Crippen molar-refractivity contribution in [2.45, 2.75) is 38.4 Å². The molecule has 6 heteroatoms. The molecule has 1 saturated heterocycles. The van der Waals surface area contributed by atoms with Gasteiger partial charge in [-0.3, -0.25) is 9.69 Å². The molecule has 0 aliphatic carbocycles. The summed E-state index contributed by atoms with van der Waals surface area (Å²) in [5, 5.41) is 5.94. The Morgan fingerprint density at radius 1 is 0.967 bits per heavy atom. The summed E-state index contributed by atoms with van der Waals surface area (Å²) in [6.07, 6.45) is 2.23. The SMILES string of the molecule is CN(Cc1ccccc1)C(=O)NCCC(=O)NC1CCN(Cc2ccccc2)CC1. The second-order valence-corrected chi connectivity index (χ2v) is 7.93. The first-order valence-corrected chi connectivity index (χ1v) is 10.7. The smallest absolute Gasteiger partial charge is 0.317 e. The topological polar surface area (TPSA) is 64.7 Å². The van der Waals surface area contributed by atoms with Crippen molar-refractivity contribution in [1.82, 2.24) is 20.4 Å². The molecule has 1 aliphatic rings. The molecule has 1 heterocycles.